The van der Waals surface area contributed by atoms with Gasteiger partial charge in [0.15, 0.2) is 0 Å². The predicted octanol–water partition coefficient (Wildman–Crippen LogP) is 2.08. The van der Waals surface area contributed by atoms with Gasteiger partial charge in [-0.05, 0) is 44.2 Å². The van der Waals surface area contributed by atoms with Crippen LogP contribution >= 0.6 is 0 Å². The van der Waals surface area contributed by atoms with E-state index in [-0.39, 0.29) is 5.91 Å². The van der Waals surface area contributed by atoms with Crippen LogP contribution in [0.5, 0.6) is 0 Å². The first-order valence-corrected chi connectivity index (χ1v) is 6.74. The third-order valence-electron chi connectivity index (χ3n) is 3.89. The lowest BCUT2D eigenvalue weighted by atomic mass is 9.79. The second-order valence-corrected chi connectivity index (χ2v) is 5.20. The zero-order chi connectivity index (χ0) is 13.0. The van der Waals surface area contributed by atoms with Crippen molar-refractivity contribution >= 4 is 5.91 Å². The fourth-order valence-corrected chi connectivity index (χ4v) is 2.75. The average Bonchev–Trinajstić information content (AvgIpc) is 2.83. The summed E-state index contributed by atoms with van der Waals surface area (Å²) in [4.78, 5) is 11.9. The van der Waals surface area contributed by atoms with Crippen molar-refractivity contribution in [2.45, 2.75) is 32.6 Å². The summed E-state index contributed by atoms with van der Waals surface area (Å²) in [5.41, 5.74) is 6.39. The van der Waals surface area contributed by atoms with Gasteiger partial charge in [-0.25, -0.2) is 0 Å². The molecule has 1 aliphatic rings. The molecule has 1 heterocycles. The summed E-state index contributed by atoms with van der Waals surface area (Å²) in [5.74, 6) is 1.80. The topological polar surface area (TPSA) is 68.3 Å². The molecular weight excluding hydrogens is 228 g/mol. The zero-order valence-electron chi connectivity index (χ0n) is 10.9. The Kier molecular flexibility index (Phi) is 4.42. The van der Waals surface area contributed by atoms with Crippen LogP contribution in [-0.2, 0) is 0 Å². The minimum absolute atomic E-state index is 0.0480. The molecule has 4 heteroatoms. The maximum absolute atomic E-state index is 11.9. The molecule has 18 heavy (non-hydrogen) atoms. The molecule has 0 bridgehead atoms. The average molecular weight is 250 g/mol. The molecule has 2 rings (SSSR count). The van der Waals surface area contributed by atoms with Crippen LogP contribution in [-0.4, -0.2) is 19.0 Å². The maximum Gasteiger partial charge on any atom is 0.254 e. The second kappa shape index (κ2) is 6.05. The highest BCUT2D eigenvalue weighted by Crippen LogP contribution is 2.28. The molecule has 4 nitrogen and oxygen atoms in total. The highest BCUT2D eigenvalue weighted by atomic mass is 16.3. The summed E-state index contributed by atoms with van der Waals surface area (Å²) in [6.45, 7) is 3.29. The van der Waals surface area contributed by atoms with Crippen molar-refractivity contribution in [2.24, 2.45) is 17.6 Å². The lowest BCUT2D eigenvalue weighted by molar-refractivity contribution is 0.0934. The molecule has 100 valence electrons. The Morgan fingerprint density at radius 2 is 2.17 bits per heavy atom. The number of hydrogen-bond acceptors (Lipinski definition) is 3. The Labute approximate surface area is 108 Å². The van der Waals surface area contributed by atoms with E-state index in [1.807, 2.05) is 6.92 Å². The van der Waals surface area contributed by atoms with Crippen LogP contribution in [0.2, 0.25) is 0 Å². The Balaban J connectivity index is 1.85. The van der Waals surface area contributed by atoms with Gasteiger partial charge in [-0.1, -0.05) is 12.8 Å². The third-order valence-corrected chi connectivity index (χ3v) is 3.89. The summed E-state index contributed by atoms with van der Waals surface area (Å²) in [7, 11) is 0. The number of aryl methyl sites for hydroxylation is 1. The van der Waals surface area contributed by atoms with Crippen LogP contribution < -0.4 is 11.1 Å². The van der Waals surface area contributed by atoms with E-state index < -0.39 is 0 Å². The normalized spacial score (nSPS) is 23.9. The van der Waals surface area contributed by atoms with Gasteiger partial charge in [0.1, 0.15) is 12.0 Å². The monoisotopic (exact) mass is 250 g/mol. The van der Waals surface area contributed by atoms with Crippen LogP contribution in [0.4, 0.5) is 0 Å². The Hall–Kier alpha value is -1.29. The van der Waals surface area contributed by atoms with Crippen molar-refractivity contribution < 1.29 is 9.21 Å². The van der Waals surface area contributed by atoms with Crippen LogP contribution in [0.15, 0.2) is 16.7 Å². The van der Waals surface area contributed by atoms with Gasteiger partial charge in [0, 0.05) is 6.54 Å². The van der Waals surface area contributed by atoms with E-state index in [4.69, 9.17) is 10.2 Å². The molecule has 1 saturated carbocycles. The molecule has 0 spiro atoms. The summed E-state index contributed by atoms with van der Waals surface area (Å²) in [6, 6.07) is 1.76. The van der Waals surface area contributed by atoms with Crippen molar-refractivity contribution in [3.63, 3.8) is 0 Å². The lowest BCUT2D eigenvalue weighted by Crippen LogP contribution is -2.36. The molecule has 1 aromatic heterocycles. The summed E-state index contributed by atoms with van der Waals surface area (Å²) in [5, 5.41) is 2.99. The largest absolute Gasteiger partial charge is 0.469 e. The molecule has 0 aromatic carbocycles. The molecule has 2 atom stereocenters. The van der Waals surface area contributed by atoms with Crippen molar-refractivity contribution in [1.29, 1.82) is 0 Å². The summed E-state index contributed by atoms with van der Waals surface area (Å²) < 4.78 is 5.14. The van der Waals surface area contributed by atoms with Crippen molar-refractivity contribution in [1.82, 2.24) is 5.32 Å². The summed E-state index contributed by atoms with van der Waals surface area (Å²) in [6.07, 6.45) is 6.40. The molecule has 1 aromatic rings. The van der Waals surface area contributed by atoms with Crippen LogP contribution in [0.1, 0.15) is 41.8 Å². The van der Waals surface area contributed by atoms with Gasteiger partial charge in [0.05, 0.1) is 5.56 Å². The van der Waals surface area contributed by atoms with Gasteiger partial charge in [0.2, 0.25) is 0 Å². The molecule has 1 fully saturated rings. The highest BCUT2D eigenvalue weighted by Gasteiger charge is 2.24. The van der Waals surface area contributed by atoms with E-state index in [1.54, 1.807) is 6.07 Å². The van der Waals surface area contributed by atoms with E-state index in [9.17, 15) is 4.79 Å². The minimum atomic E-state index is -0.0480. The Morgan fingerprint density at radius 1 is 1.44 bits per heavy atom. The van der Waals surface area contributed by atoms with E-state index >= 15 is 0 Å². The van der Waals surface area contributed by atoms with Crippen molar-refractivity contribution in [3.8, 4) is 0 Å². The van der Waals surface area contributed by atoms with Gasteiger partial charge >= 0.3 is 0 Å². The first kappa shape index (κ1) is 13.1. The van der Waals surface area contributed by atoms with Gasteiger partial charge in [-0.15, -0.1) is 0 Å². The first-order valence-electron chi connectivity index (χ1n) is 6.74. The van der Waals surface area contributed by atoms with Gasteiger partial charge in [-0.2, -0.15) is 0 Å². The quantitative estimate of drug-likeness (QED) is 0.859. The number of rotatable bonds is 4. The number of nitrogens with one attached hydrogen (secondary N) is 1. The molecule has 1 amide bonds. The van der Waals surface area contributed by atoms with Crippen LogP contribution in [0.25, 0.3) is 0 Å². The number of hydrogen-bond donors (Lipinski definition) is 2. The number of nitrogens with two attached hydrogens (primary N) is 1. The summed E-state index contributed by atoms with van der Waals surface area (Å²) >= 11 is 0. The number of amides is 1. The SMILES string of the molecule is Cc1cc(C(=O)NCC2CCCCC2CN)co1. The first-order chi connectivity index (χ1) is 8.70. The third kappa shape index (κ3) is 3.13. The Morgan fingerprint density at radius 3 is 2.78 bits per heavy atom. The fraction of sp³-hybridized carbons (Fsp3) is 0.643. The molecule has 0 radical (unpaired) electrons. The van der Waals surface area contributed by atoms with Crippen molar-refractivity contribution in [3.05, 3.63) is 23.7 Å². The zero-order valence-corrected chi connectivity index (χ0v) is 10.9. The van der Waals surface area contributed by atoms with Gasteiger partial charge in [0.25, 0.3) is 5.91 Å². The lowest BCUT2D eigenvalue weighted by Gasteiger charge is -2.30. The van der Waals surface area contributed by atoms with E-state index in [2.05, 4.69) is 5.32 Å². The van der Waals surface area contributed by atoms with Crippen LogP contribution in [0.3, 0.4) is 0 Å². The highest BCUT2D eigenvalue weighted by molar-refractivity contribution is 5.93. The smallest absolute Gasteiger partial charge is 0.254 e. The van der Waals surface area contributed by atoms with E-state index in [1.165, 1.54) is 31.9 Å². The number of furan rings is 1. The van der Waals surface area contributed by atoms with Gasteiger partial charge < -0.3 is 15.5 Å². The van der Waals surface area contributed by atoms with Crippen LogP contribution in [0, 0.1) is 18.8 Å². The standard InChI is InChI=1S/C14H22N2O2/c1-10-6-13(9-18-10)14(17)16-8-12-5-3-2-4-11(12)7-15/h6,9,11-12H,2-5,7-8,15H2,1H3,(H,16,17). The molecular formula is C14H22N2O2. The predicted molar refractivity (Wildman–Crippen MR) is 70.3 cm³/mol. The molecule has 1 aliphatic carbocycles. The minimum Gasteiger partial charge on any atom is -0.469 e. The maximum atomic E-state index is 11.9. The molecule has 0 aliphatic heterocycles. The Bertz CT molecular complexity index is 400. The van der Waals surface area contributed by atoms with E-state index in [0.29, 0.717) is 17.4 Å². The second-order valence-electron chi connectivity index (χ2n) is 5.20. The molecule has 2 unspecified atom stereocenters. The fourth-order valence-electron chi connectivity index (χ4n) is 2.75. The molecule has 0 saturated heterocycles. The number of carbonyl (C=O) groups is 1. The van der Waals surface area contributed by atoms with Gasteiger partial charge in [-0.3, -0.25) is 4.79 Å². The molecule has 3 N–H and O–H groups in total. The van der Waals surface area contributed by atoms with Crippen molar-refractivity contribution in [2.75, 3.05) is 13.1 Å². The van der Waals surface area contributed by atoms with E-state index in [0.717, 1.165) is 18.8 Å². The number of carbonyl (C=O) groups excluding carboxylic acids is 1.